The zero-order valence-corrected chi connectivity index (χ0v) is 19.9. The summed E-state index contributed by atoms with van der Waals surface area (Å²) in [6, 6.07) is 23.2. The van der Waals surface area contributed by atoms with Crippen LogP contribution in [0.1, 0.15) is 33.4 Å². The molecule has 0 aromatic heterocycles. The number of benzene rings is 5. The van der Waals surface area contributed by atoms with E-state index in [9.17, 15) is 30.6 Å². The Bertz CT molecular complexity index is 1570. The summed E-state index contributed by atoms with van der Waals surface area (Å²) in [5.74, 6) is -0.00591. The van der Waals surface area contributed by atoms with Gasteiger partial charge in [-0.05, 0) is 76.5 Å². The number of hydrogen-bond acceptors (Lipinski definition) is 6. The lowest BCUT2D eigenvalue weighted by atomic mass is 9.87. The first-order valence-corrected chi connectivity index (χ1v) is 11.8. The third-order valence-electron chi connectivity index (χ3n) is 6.63. The molecule has 0 radical (unpaired) electrons. The number of rotatable bonds is 6. The Balaban J connectivity index is 1.73. The molecule has 0 heterocycles. The summed E-state index contributed by atoms with van der Waals surface area (Å²) in [7, 11) is 0. The van der Waals surface area contributed by atoms with Gasteiger partial charge in [0, 0.05) is 24.0 Å². The lowest BCUT2D eigenvalue weighted by Crippen LogP contribution is -2.01. The van der Waals surface area contributed by atoms with Crippen LogP contribution < -0.4 is 0 Å². The highest BCUT2D eigenvalue weighted by Crippen LogP contribution is 2.47. The Hall–Kier alpha value is -4.84. The lowest BCUT2D eigenvalue weighted by Gasteiger charge is -2.20. The van der Waals surface area contributed by atoms with E-state index in [0.29, 0.717) is 17.4 Å². The van der Waals surface area contributed by atoms with E-state index < -0.39 is 0 Å². The monoisotopic (exact) mass is 494 g/mol. The van der Waals surface area contributed by atoms with Crippen LogP contribution in [0.3, 0.4) is 0 Å². The fourth-order valence-electron chi connectivity index (χ4n) is 4.74. The van der Waals surface area contributed by atoms with Crippen LogP contribution >= 0.6 is 0 Å². The molecule has 0 aliphatic rings. The van der Waals surface area contributed by atoms with Gasteiger partial charge in [-0.1, -0.05) is 42.5 Å². The topological polar surface area (TPSA) is 121 Å². The average Bonchev–Trinajstić information content (AvgIpc) is 2.89. The molecule has 5 aromatic carbocycles. The van der Waals surface area contributed by atoms with E-state index in [1.54, 1.807) is 66.7 Å². The van der Waals surface area contributed by atoms with Gasteiger partial charge in [0.05, 0.1) is 5.39 Å². The maximum absolute atomic E-state index is 11.5. The minimum atomic E-state index is -0.208. The largest absolute Gasteiger partial charge is 0.508 e. The molecule has 6 N–H and O–H groups in total. The first-order valence-electron chi connectivity index (χ1n) is 11.8. The highest BCUT2D eigenvalue weighted by molar-refractivity contribution is 6.01. The standard InChI is InChI=1S/C31H26O6/c32-22-8-1-18(2-9-22)15-21-7-14-27(35)29-28(21)25(16-19-3-10-23(33)11-4-19)30(36)26(31(29)37)17-20-5-12-24(34)13-6-20/h1-14,32-37H,15-17H2. The SMILES string of the molecule is Oc1ccc(Cc2c(O)c(Cc3ccc(O)cc3)c3c(Cc4ccc(O)cc4)ccc(O)c3c2O)cc1. The van der Waals surface area contributed by atoms with Gasteiger partial charge in [-0.25, -0.2) is 0 Å². The fraction of sp³-hybridized carbons (Fsp3) is 0.0968. The molecule has 0 unspecified atom stereocenters. The molecule has 0 saturated carbocycles. The van der Waals surface area contributed by atoms with Gasteiger partial charge < -0.3 is 30.6 Å². The van der Waals surface area contributed by atoms with E-state index in [2.05, 4.69) is 0 Å². The molecule has 0 fully saturated rings. The molecule has 5 rings (SSSR count). The van der Waals surface area contributed by atoms with E-state index in [1.807, 2.05) is 0 Å². The predicted octanol–water partition coefficient (Wildman–Crippen LogP) is 5.85. The second kappa shape index (κ2) is 9.66. The lowest BCUT2D eigenvalue weighted by molar-refractivity contribution is 0.437. The molecular formula is C31H26O6. The van der Waals surface area contributed by atoms with Crippen LogP contribution in [0, 0.1) is 0 Å². The van der Waals surface area contributed by atoms with Crippen molar-refractivity contribution in [2.45, 2.75) is 19.3 Å². The van der Waals surface area contributed by atoms with Crippen molar-refractivity contribution in [3.63, 3.8) is 0 Å². The summed E-state index contributed by atoms with van der Waals surface area (Å²) in [6.07, 6.45) is 0.908. The molecule has 5 aromatic rings. The fourth-order valence-corrected chi connectivity index (χ4v) is 4.74. The van der Waals surface area contributed by atoms with Crippen LogP contribution in [-0.2, 0) is 19.3 Å². The van der Waals surface area contributed by atoms with Crippen molar-refractivity contribution < 1.29 is 30.6 Å². The van der Waals surface area contributed by atoms with Gasteiger partial charge in [0.1, 0.15) is 34.5 Å². The summed E-state index contributed by atoms with van der Waals surface area (Å²) >= 11 is 0. The predicted molar refractivity (Wildman–Crippen MR) is 142 cm³/mol. The van der Waals surface area contributed by atoms with E-state index in [1.165, 1.54) is 18.2 Å². The summed E-state index contributed by atoms with van der Waals surface area (Å²) < 4.78 is 0. The zero-order valence-electron chi connectivity index (χ0n) is 19.9. The summed E-state index contributed by atoms with van der Waals surface area (Å²) in [5.41, 5.74) is 4.09. The van der Waals surface area contributed by atoms with Crippen molar-refractivity contribution in [3.05, 3.63) is 118 Å². The summed E-state index contributed by atoms with van der Waals surface area (Å²) in [6.45, 7) is 0. The summed E-state index contributed by atoms with van der Waals surface area (Å²) in [5, 5.41) is 63.6. The van der Waals surface area contributed by atoms with E-state index in [-0.39, 0.29) is 58.3 Å². The number of hydrogen-bond donors (Lipinski definition) is 6. The Morgan fingerprint density at radius 3 is 1.30 bits per heavy atom. The van der Waals surface area contributed by atoms with Gasteiger partial charge in [0.15, 0.2) is 0 Å². The van der Waals surface area contributed by atoms with Crippen molar-refractivity contribution >= 4 is 10.8 Å². The molecular weight excluding hydrogens is 468 g/mol. The molecule has 0 aliphatic heterocycles. The highest BCUT2D eigenvalue weighted by atomic mass is 16.3. The maximum atomic E-state index is 11.5. The van der Waals surface area contributed by atoms with E-state index >= 15 is 0 Å². The average molecular weight is 495 g/mol. The Labute approximate surface area is 213 Å². The Morgan fingerprint density at radius 1 is 0.378 bits per heavy atom. The third kappa shape index (κ3) is 4.82. The Kier molecular flexibility index (Phi) is 6.24. The van der Waals surface area contributed by atoms with Gasteiger partial charge in [0.2, 0.25) is 0 Å². The number of fused-ring (bicyclic) bond motifs is 1. The number of phenolic OH excluding ortho intramolecular Hbond substituents is 6. The van der Waals surface area contributed by atoms with Crippen molar-refractivity contribution in [1.82, 2.24) is 0 Å². The zero-order chi connectivity index (χ0) is 26.1. The second-order valence-corrected chi connectivity index (χ2v) is 9.18. The first kappa shape index (κ1) is 23.9. The van der Waals surface area contributed by atoms with Crippen LogP contribution in [0.2, 0.25) is 0 Å². The van der Waals surface area contributed by atoms with Crippen LogP contribution in [-0.4, -0.2) is 30.6 Å². The quantitative estimate of drug-likeness (QED) is 0.176. The van der Waals surface area contributed by atoms with Crippen molar-refractivity contribution in [2.75, 3.05) is 0 Å². The highest BCUT2D eigenvalue weighted by Gasteiger charge is 2.24. The molecule has 0 atom stereocenters. The Morgan fingerprint density at radius 2 is 0.811 bits per heavy atom. The molecule has 0 bridgehead atoms. The van der Waals surface area contributed by atoms with Gasteiger partial charge in [-0.15, -0.1) is 0 Å². The molecule has 0 saturated heterocycles. The third-order valence-corrected chi connectivity index (χ3v) is 6.63. The number of phenols is 6. The van der Waals surface area contributed by atoms with Crippen LogP contribution in [0.25, 0.3) is 10.8 Å². The minimum absolute atomic E-state index is 0.0799. The first-order chi connectivity index (χ1) is 17.8. The molecule has 186 valence electrons. The molecule has 6 heteroatoms. The second-order valence-electron chi connectivity index (χ2n) is 9.18. The van der Waals surface area contributed by atoms with Crippen molar-refractivity contribution in [2.24, 2.45) is 0 Å². The van der Waals surface area contributed by atoms with Gasteiger partial charge in [-0.2, -0.15) is 0 Å². The molecule has 0 aliphatic carbocycles. The van der Waals surface area contributed by atoms with Gasteiger partial charge >= 0.3 is 0 Å². The molecule has 6 nitrogen and oxygen atoms in total. The smallest absolute Gasteiger partial charge is 0.134 e. The summed E-state index contributed by atoms with van der Waals surface area (Å²) in [4.78, 5) is 0. The normalized spacial score (nSPS) is 11.1. The van der Waals surface area contributed by atoms with E-state index in [0.717, 1.165) is 22.3 Å². The molecule has 37 heavy (non-hydrogen) atoms. The van der Waals surface area contributed by atoms with Gasteiger partial charge in [-0.3, -0.25) is 0 Å². The van der Waals surface area contributed by atoms with Crippen LogP contribution in [0.15, 0.2) is 84.9 Å². The van der Waals surface area contributed by atoms with Crippen LogP contribution in [0.4, 0.5) is 0 Å². The van der Waals surface area contributed by atoms with Crippen molar-refractivity contribution in [3.8, 4) is 34.5 Å². The number of aromatic hydroxyl groups is 6. The van der Waals surface area contributed by atoms with E-state index in [4.69, 9.17) is 0 Å². The molecule has 0 amide bonds. The minimum Gasteiger partial charge on any atom is -0.508 e. The maximum Gasteiger partial charge on any atom is 0.134 e. The van der Waals surface area contributed by atoms with Gasteiger partial charge in [0.25, 0.3) is 0 Å². The molecule has 0 spiro atoms. The van der Waals surface area contributed by atoms with Crippen molar-refractivity contribution in [1.29, 1.82) is 0 Å². The van der Waals surface area contributed by atoms with Crippen LogP contribution in [0.5, 0.6) is 34.5 Å².